The van der Waals surface area contributed by atoms with Crippen molar-refractivity contribution in [3.8, 4) is 0 Å². The SMILES string of the molecule is CCS(=O)(=O)c1ccccc1N(C)C1CCC(NC)CC1. The van der Waals surface area contributed by atoms with Gasteiger partial charge in [0.2, 0.25) is 0 Å². The van der Waals surface area contributed by atoms with Crippen LogP contribution in [0.4, 0.5) is 5.69 Å². The first-order chi connectivity index (χ1) is 9.99. The van der Waals surface area contributed by atoms with Crippen LogP contribution in [0.5, 0.6) is 0 Å². The molecule has 1 aromatic rings. The number of anilines is 1. The van der Waals surface area contributed by atoms with Crippen LogP contribution in [0.1, 0.15) is 32.6 Å². The average Bonchev–Trinajstić information content (AvgIpc) is 2.54. The van der Waals surface area contributed by atoms with Crippen molar-refractivity contribution in [2.45, 2.75) is 49.6 Å². The first kappa shape index (κ1) is 16.3. The van der Waals surface area contributed by atoms with Crippen molar-refractivity contribution in [3.63, 3.8) is 0 Å². The molecule has 2 rings (SSSR count). The summed E-state index contributed by atoms with van der Waals surface area (Å²) >= 11 is 0. The number of sulfone groups is 1. The maximum absolute atomic E-state index is 12.3. The van der Waals surface area contributed by atoms with Crippen LogP contribution in [0, 0.1) is 0 Å². The predicted molar refractivity (Wildman–Crippen MR) is 87.7 cm³/mol. The molecule has 4 nitrogen and oxygen atoms in total. The zero-order chi connectivity index (χ0) is 15.5. The Morgan fingerprint density at radius 2 is 1.81 bits per heavy atom. The van der Waals surface area contributed by atoms with Crippen molar-refractivity contribution in [2.75, 3.05) is 24.7 Å². The third kappa shape index (κ3) is 3.58. The van der Waals surface area contributed by atoms with Crippen LogP contribution in [0.15, 0.2) is 29.2 Å². The minimum absolute atomic E-state index is 0.143. The quantitative estimate of drug-likeness (QED) is 0.907. The fraction of sp³-hybridized carbons (Fsp3) is 0.625. The predicted octanol–water partition coefficient (Wildman–Crippen LogP) is 2.45. The van der Waals surface area contributed by atoms with Crippen LogP contribution >= 0.6 is 0 Å². The Balaban J connectivity index is 2.22. The minimum atomic E-state index is -3.18. The third-order valence-electron chi connectivity index (χ3n) is 4.61. The molecule has 0 amide bonds. The molecule has 0 heterocycles. The lowest BCUT2D eigenvalue weighted by Gasteiger charge is -2.36. The Kier molecular flexibility index (Phi) is 5.27. The first-order valence-electron chi connectivity index (χ1n) is 7.71. The van der Waals surface area contributed by atoms with Gasteiger partial charge in [0.15, 0.2) is 9.84 Å². The van der Waals surface area contributed by atoms with E-state index in [2.05, 4.69) is 10.2 Å². The molecule has 0 saturated heterocycles. The highest BCUT2D eigenvalue weighted by Gasteiger charge is 2.26. The van der Waals surface area contributed by atoms with Crippen LogP contribution in [0.3, 0.4) is 0 Å². The fourth-order valence-electron chi connectivity index (χ4n) is 3.12. The van der Waals surface area contributed by atoms with Crippen molar-refractivity contribution in [1.29, 1.82) is 0 Å². The van der Waals surface area contributed by atoms with E-state index >= 15 is 0 Å². The van der Waals surface area contributed by atoms with E-state index in [1.165, 1.54) is 0 Å². The van der Waals surface area contributed by atoms with Gasteiger partial charge in [-0.1, -0.05) is 19.1 Å². The van der Waals surface area contributed by atoms with Gasteiger partial charge in [0.05, 0.1) is 16.3 Å². The van der Waals surface area contributed by atoms with E-state index in [9.17, 15) is 8.42 Å². The van der Waals surface area contributed by atoms with Crippen molar-refractivity contribution < 1.29 is 8.42 Å². The van der Waals surface area contributed by atoms with E-state index in [4.69, 9.17) is 0 Å². The molecule has 0 aromatic heterocycles. The largest absolute Gasteiger partial charge is 0.371 e. The molecule has 21 heavy (non-hydrogen) atoms. The molecule has 0 spiro atoms. The van der Waals surface area contributed by atoms with Crippen LogP contribution in [0.25, 0.3) is 0 Å². The van der Waals surface area contributed by atoms with Gasteiger partial charge < -0.3 is 10.2 Å². The summed E-state index contributed by atoms with van der Waals surface area (Å²) in [5.74, 6) is 0.143. The molecular weight excluding hydrogens is 284 g/mol. The lowest BCUT2D eigenvalue weighted by molar-refractivity contribution is 0.351. The molecule has 1 saturated carbocycles. The lowest BCUT2D eigenvalue weighted by Crippen LogP contribution is -2.40. The van der Waals surface area contributed by atoms with Crippen molar-refractivity contribution in [2.24, 2.45) is 0 Å². The summed E-state index contributed by atoms with van der Waals surface area (Å²) in [6, 6.07) is 8.39. The molecular formula is C16H26N2O2S. The molecule has 1 fully saturated rings. The molecule has 1 N–H and O–H groups in total. The highest BCUT2D eigenvalue weighted by molar-refractivity contribution is 7.91. The average molecular weight is 310 g/mol. The minimum Gasteiger partial charge on any atom is -0.371 e. The molecule has 5 heteroatoms. The molecule has 118 valence electrons. The number of hydrogen-bond donors (Lipinski definition) is 1. The normalized spacial score (nSPS) is 23.0. The summed E-state index contributed by atoms with van der Waals surface area (Å²) in [6.07, 6.45) is 4.49. The maximum atomic E-state index is 12.3. The molecule has 0 aliphatic heterocycles. The Bertz CT molecular complexity index is 563. The molecule has 0 radical (unpaired) electrons. The Hall–Kier alpha value is -1.07. The van der Waals surface area contributed by atoms with Gasteiger partial charge in [0.1, 0.15) is 0 Å². The molecule has 1 aliphatic rings. The number of nitrogens with one attached hydrogen (secondary N) is 1. The van der Waals surface area contributed by atoms with Crippen LogP contribution in [-0.2, 0) is 9.84 Å². The number of hydrogen-bond acceptors (Lipinski definition) is 4. The lowest BCUT2D eigenvalue weighted by atomic mass is 9.90. The van der Waals surface area contributed by atoms with E-state index in [-0.39, 0.29) is 5.75 Å². The van der Waals surface area contributed by atoms with Gasteiger partial charge in [-0.05, 0) is 44.9 Å². The van der Waals surface area contributed by atoms with Gasteiger partial charge in [-0.25, -0.2) is 8.42 Å². The standard InChI is InChI=1S/C16H26N2O2S/c1-4-21(19,20)16-8-6-5-7-15(16)18(3)14-11-9-13(17-2)10-12-14/h5-8,13-14,17H,4,9-12H2,1-3H3. The van der Waals surface area contributed by atoms with Crippen LogP contribution < -0.4 is 10.2 Å². The second-order valence-electron chi connectivity index (χ2n) is 5.78. The monoisotopic (exact) mass is 310 g/mol. The summed E-state index contributed by atoms with van der Waals surface area (Å²) in [5.41, 5.74) is 0.840. The van der Waals surface area contributed by atoms with Gasteiger partial charge in [-0.3, -0.25) is 0 Å². The Morgan fingerprint density at radius 3 is 2.38 bits per heavy atom. The Morgan fingerprint density at radius 1 is 1.19 bits per heavy atom. The summed E-state index contributed by atoms with van der Waals surface area (Å²) in [5, 5.41) is 3.33. The molecule has 0 atom stereocenters. The van der Waals surface area contributed by atoms with Gasteiger partial charge in [-0.15, -0.1) is 0 Å². The smallest absolute Gasteiger partial charge is 0.180 e. The van der Waals surface area contributed by atoms with E-state index < -0.39 is 9.84 Å². The summed E-state index contributed by atoms with van der Waals surface area (Å²) in [7, 11) is 0.852. The van der Waals surface area contributed by atoms with E-state index in [0.717, 1.165) is 31.4 Å². The summed E-state index contributed by atoms with van der Waals surface area (Å²) < 4.78 is 24.5. The molecule has 0 unspecified atom stereocenters. The van der Waals surface area contributed by atoms with Gasteiger partial charge in [0, 0.05) is 19.1 Å². The zero-order valence-corrected chi connectivity index (χ0v) is 14.0. The fourth-order valence-corrected chi connectivity index (χ4v) is 4.24. The van der Waals surface area contributed by atoms with Crippen molar-refractivity contribution in [1.82, 2.24) is 5.32 Å². The molecule has 0 bridgehead atoms. The number of nitrogens with zero attached hydrogens (tertiary/aromatic N) is 1. The van der Waals surface area contributed by atoms with Gasteiger partial charge in [-0.2, -0.15) is 0 Å². The highest BCUT2D eigenvalue weighted by Crippen LogP contribution is 2.31. The first-order valence-corrected chi connectivity index (χ1v) is 9.36. The third-order valence-corrected chi connectivity index (χ3v) is 6.39. The van der Waals surface area contributed by atoms with E-state index in [1.807, 2.05) is 26.2 Å². The summed E-state index contributed by atoms with van der Waals surface area (Å²) in [6.45, 7) is 1.70. The molecule has 1 aliphatic carbocycles. The topological polar surface area (TPSA) is 49.4 Å². The number of para-hydroxylation sites is 1. The number of rotatable bonds is 5. The second-order valence-corrected chi connectivity index (χ2v) is 8.02. The second kappa shape index (κ2) is 6.79. The van der Waals surface area contributed by atoms with E-state index in [1.54, 1.807) is 19.1 Å². The van der Waals surface area contributed by atoms with Crippen molar-refractivity contribution in [3.05, 3.63) is 24.3 Å². The summed E-state index contributed by atoms with van der Waals surface area (Å²) in [4.78, 5) is 2.62. The van der Waals surface area contributed by atoms with Gasteiger partial charge in [0.25, 0.3) is 0 Å². The highest BCUT2D eigenvalue weighted by atomic mass is 32.2. The van der Waals surface area contributed by atoms with E-state index in [0.29, 0.717) is 17.0 Å². The number of benzene rings is 1. The molecule has 1 aromatic carbocycles. The van der Waals surface area contributed by atoms with Crippen LogP contribution in [0.2, 0.25) is 0 Å². The van der Waals surface area contributed by atoms with Crippen molar-refractivity contribution >= 4 is 15.5 Å². The maximum Gasteiger partial charge on any atom is 0.180 e. The van der Waals surface area contributed by atoms with Crippen LogP contribution in [-0.4, -0.2) is 40.3 Å². The Labute approximate surface area is 128 Å². The van der Waals surface area contributed by atoms with Gasteiger partial charge >= 0.3 is 0 Å². The zero-order valence-electron chi connectivity index (χ0n) is 13.2.